The van der Waals surface area contributed by atoms with Gasteiger partial charge in [0, 0.05) is 24.3 Å². The van der Waals surface area contributed by atoms with Gasteiger partial charge in [-0.25, -0.2) is 4.79 Å². The van der Waals surface area contributed by atoms with Crippen molar-refractivity contribution in [3.05, 3.63) is 83.9 Å². The number of ether oxygens (including phenoxy) is 2. The Morgan fingerprint density at radius 3 is 1.03 bits per heavy atom. The minimum Gasteiger partial charge on any atom is -0.507 e. The zero-order valence-electron chi connectivity index (χ0n) is 36.9. The number of benzene rings is 6. The van der Waals surface area contributed by atoms with Gasteiger partial charge in [0.25, 0.3) is 40.5 Å². The minimum absolute atomic E-state index is 0.0438. The van der Waals surface area contributed by atoms with Gasteiger partial charge in [0.1, 0.15) is 23.0 Å². The Morgan fingerprint density at radius 2 is 0.735 bits per heavy atom. The highest BCUT2D eigenvalue weighted by Crippen LogP contribution is 2.43. The summed E-state index contributed by atoms with van der Waals surface area (Å²) in [5.41, 5.74) is 1.22. The quantitative estimate of drug-likeness (QED) is 0.0529. The molecule has 0 aromatic heterocycles. The standard InChI is InChI=1S/C41H40N6O17S4/c1-21-9-31(37(59-3)19-29(21)44-46-33-15-25(65(51,52)61-5)11-23-13-27(67(55,56)63-7)17-35(48)39(23)33)42-41(50)43-32-10-22(2)30(20-38(32)60-4)45-47-34-16-26(66(53,54)62-6)12-24-14-28(68(57,58)64-8)18-36(49)40(24)34/h9-20,48-49H,1-8H3,(H2,42,43,50). The van der Waals surface area contributed by atoms with Gasteiger partial charge in [0.2, 0.25) is 0 Å². The van der Waals surface area contributed by atoms with Gasteiger partial charge in [-0.1, -0.05) is 0 Å². The smallest absolute Gasteiger partial charge is 0.323 e. The SMILES string of the molecule is COc1cc(N=Nc2cc(S(=O)(=O)OC)cc3cc(S(=O)(=O)OC)cc(O)c23)c(C)cc1NC(=O)Nc1cc(C)c(N=Nc2cc(S(=O)(=O)OC)cc3cc(S(=O)(=O)OC)cc(O)c23)cc1OC. The lowest BCUT2D eigenvalue weighted by atomic mass is 10.1. The van der Waals surface area contributed by atoms with Gasteiger partial charge in [0.15, 0.2) is 0 Å². The predicted molar refractivity (Wildman–Crippen MR) is 244 cm³/mol. The largest absolute Gasteiger partial charge is 0.507 e. The van der Waals surface area contributed by atoms with Crippen molar-refractivity contribution in [2.45, 2.75) is 33.4 Å². The number of hydrogen-bond acceptors (Lipinski definition) is 21. The van der Waals surface area contributed by atoms with Crippen LogP contribution in [0.1, 0.15) is 11.1 Å². The lowest BCUT2D eigenvalue weighted by Crippen LogP contribution is -2.20. The summed E-state index contributed by atoms with van der Waals surface area (Å²) in [6.07, 6.45) is 0. The first-order chi connectivity index (χ1) is 31.9. The summed E-state index contributed by atoms with van der Waals surface area (Å²) in [6.45, 7) is 3.25. The van der Waals surface area contributed by atoms with Crippen molar-refractivity contribution in [1.29, 1.82) is 0 Å². The van der Waals surface area contributed by atoms with Gasteiger partial charge in [-0.15, -0.1) is 10.2 Å². The summed E-state index contributed by atoms with van der Waals surface area (Å²) < 4.78 is 130. The van der Waals surface area contributed by atoms with Crippen LogP contribution in [0.15, 0.2) is 113 Å². The lowest BCUT2D eigenvalue weighted by molar-refractivity contribution is 0.262. The Bertz CT molecular complexity index is 3320. The number of carbonyl (C=O) groups is 1. The number of methoxy groups -OCH3 is 2. The Kier molecular flexibility index (Phi) is 14.4. The van der Waals surface area contributed by atoms with E-state index in [4.69, 9.17) is 9.47 Å². The molecule has 0 saturated carbocycles. The first-order valence-corrected chi connectivity index (χ1v) is 24.7. The number of aryl methyl sites for hydroxylation is 2. The van der Waals surface area contributed by atoms with Gasteiger partial charge in [-0.3, -0.25) is 16.7 Å². The molecule has 0 unspecified atom stereocenters. The Balaban J connectivity index is 1.29. The van der Waals surface area contributed by atoms with E-state index in [-0.39, 0.29) is 67.2 Å². The van der Waals surface area contributed by atoms with E-state index in [1.54, 1.807) is 13.8 Å². The van der Waals surface area contributed by atoms with Crippen LogP contribution in [0.5, 0.6) is 23.0 Å². The van der Waals surface area contributed by atoms with Crippen LogP contribution in [-0.4, -0.2) is 92.6 Å². The normalized spacial score (nSPS) is 12.6. The van der Waals surface area contributed by atoms with E-state index in [0.29, 0.717) is 11.1 Å². The van der Waals surface area contributed by atoms with Crippen molar-refractivity contribution in [3.63, 3.8) is 0 Å². The molecule has 0 aliphatic rings. The molecular weight excluding hydrogens is 977 g/mol. The monoisotopic (exact) mass is 1020 g/mol. The Hall–Kier alpha value is -6.85. The molecule has 0 aliphatic carbocycles. The fraction of sp³-hybridized carbons (Fsp3) is 0.195. The third-order valence-electron chi connectivity index (χ3n) is 10.0. The average Bonchev–Trinajstić information content (AvgIpc) is 3.30. The Morgan fingerprint density at radius 1 is 0.441 bits per heavy atom. The Labute approximate surface area is 389 Å². The summed E-state index contributed by atoms with van der Waals surface area (Å²) in [4.78, 5) is 11.7. The van der Waals surface area contributed by atoms with Gasteiger partial charge >= 0.3 is 6.03 Å². The molecule has 23 nitrogen and oxygen atoms in total. The van der Waals surface area contributed by atoms with Crippen LogP contribution in [0.4, 0.5) is 38.9 Å². The van der Waals surface area contributed by atoms with Crippen LogP contribution in [0, 0.1) is 13.8 Å². The molecule has 68 heavy (non-hydrogen) atoms. The van der Waals surface area contributed by atoms with Gasteiger partial charge in [0.05, 0.1) is 107 Å². The highest BCUT2D eigenvalue weighted by Gasteiger charge is 2.24. The van der Waals surface area contributed by atoms with Crippen molar-refractivity contribution in [2.24, 2.45) is 20.5 Å². The second-order valence-corrected chi connectivity index (χ2v) is 21.0. The summed E-state index contributed by atoms with van der Waals surface area (Å²) in [6, 6.07) is 13.4. The molecule has 2 amide bonds. The summed E-state index contributed by atoms with van der Waals surface area (Å²) in [7, 11) is -11.0. The topological polar surface area (TPSA) is 323 Å². The zero-order valence-corrected chi connectivity index (χ0v) is 40.1. The molecule has 4 N–H and O–H groups in total. The first-order valence-electron chi connectivity index (χ1n) is 19.0. The summed E-state index contributed by atoms with van der Waals surface area (Å²) in [5, 5.41) is 43.9. The van der Waals surface area contributed by atoms with Crippen LogP contribution in [-0.2, 0) is 57.2 Å². The third kappa shape index (κ3) is 10.3. The van der Waals surface area contributed by atoms with E-state index in [9.17, 15) is 48.7 Å². The van der Waals surface area contributed by atoms with E-state index >= 15 is 0 Å². The highest BCUT2D eigenvalue weighted by atomic mass is 32.2. The maximum absolute atomic E-state index is 13.5. The van der Waals surface area contributed by atoms with Gasteiger partial charge < -0.3 is 30.3 Å². The van der Waals surface area contributed by atoms with Crippen LogP contribution in [0.2, 0.25) is 0 Å². The van der Waals surface area contributed by atoms with Gasteiger partial charge in [-0.2, -0.15) is 43.9 Å². The number of fused-ring (bicyclic) bond motifs is 2. The third-order valence-corrected chi connectivity index (χ3v) is 15.0. The number of nitrogens with one attached hydrogen (secondary N) is 2. The van der Waals surface area contributed by atoms with Crippen molar-refractivity contribution in [3.8, 4) is 23.0 Å². The summed E-state index contributed by atoms with van der Waals surface area (Å²) >= 11 is 0. The number of amides is 2. The van der Waals surface area contributed by atoms with Crippen molar-refractivity contribution < 1.29 is 74.9 Å². The predicted octanol–water partition coefficient (Wildman–Crippen LogP) is 7.85. The molecule has 6 aromatic rings. The molecule has 360 valence electrons. The molecule has 0 heterocycles. The highest BCUT2D eigenvalue weighted by molar-refractivity contribution is 7.87. The van der Waals surface area contributed by atoms with Gasteiger partial charge in [-0.05, 0) is 84.3 Å². The average molecular weight is 1020 g/mol. The number of rotatable bonds is 16. The van der Waals surface area contributed by atoms with Crippen LogP contribution < -0.4 is 20.1 Å². The molecule has 0 atom stereocenters. The number of carbonyl (C=O) groups excluding carboxylic acids is 1. The fourth-order valence-corrected chi connectivity index (χ4v) is 9.43. The molecule has 0 radical (unpaired) electrons. The molecule has 6 aromatic carbocycles. The lowest BCUT2D eigenvalue weighted by Gasteiger charge is -2.15. The minimum atomic E-state index is -4.35. The molecule has 0 spiro atoms. The van der Waals surface area contributed by atoms with E-state index in [2.05, 4.69) is 47.8 Å². The molecule has 27 heteroatoms. The molecule has 0 bridgehead atoms. The zero-order chi connectivity index (χ0) is 50.1. The van der Waals surface area contributed by atoms with E-state index in [0.717, 1.165) is 77.0 Å². The number of aromatic hydroxyl groups is 2. The molecular formula is C41H40N6O17S4. The molecule has 0 aliphatic heterocycles. The number of hydrogen-bond donors (Lipinski definition) is 4. The number of anilines is 2. The number of phenolic OH excluding ortho intramolecular Hbond substituents is 2. The maximum atomic E-state index is 13.5. The van der Waals surface area contributed by atoms with E-state index in [1.165, 1.54) is 38.5 Å². The molecule has 6 rings (SSSR count). The first kappa shape index (κ1) is 50.6. The van der Waals surface area contributed by atoms with E-state index < -0.39 is 77.6 Å². The van der Waals surface area contributed by atoms with Crippen molar-refractivity contribution in [1.82, 2.24) is 0 Å². The number of nitrogens with zero attached hydrogens (tertiary/aromatic N) is 4. The molecule has 0 saturated heterocycles. The fourth-order valence-electron chi connectivity index (χ4n) is 6.55. The second-order valence-electron chi connectivity index (χ2n) is 14.1. The summed E-state index contributed by atoms with van der Waals surface area (Å²) in [5.74, 6) is -0.933. The molecule has 0 fully saturated rings. The second kappa shape index (κ2) is 19.4. The van der Waals surface area contributed by atoms with Crippen LogP contribution >= 0.6 is 0 Å². The number of phenols is 2. The van der Waals surface area contributed by atoms with Crippen molar-refractivity contribution in [2.75, 3.05) is 53.3 Å². The number of urea groups is 1. The van der Waals surface area contributed by atoms with Crippen LogP contribution in [0.25, 0.3) is 21.5 Å². The van der Waals surface area contributed by atoms with E-state index in [1.807, 2.05) is 0 Å². The van der Waals surface area contributed by atoms with Crippen molar-refractivity contribution >= 4 is 102 Å². The maximum Gasteiger partial charge on any atom is 0.323 e. The van der Waals surface area contributed by atoms with Crippen LogP contribution in [0.3, 0.4) is 0 Å². The number of azo groups is 2.